The molecule has 1 aromatic heterocycles. The number of benzene rings is 1. The number of nitrogens with two attached hydrogens (primary N) is 1. The first-order valence-corrected chi connectivity index (χ1v) is 13.6. The van der Waals surface area contributed by atoms with E-state index in [9.17, 15) is 13.7 Å². The lowest BCUT2D eigenvalue weighted by molar-refractivity contribution is 0.0463. The number of nitriles is 1. The van der Waals surface area contributed by atoms with Crippen LogP contribution in [0.4, 0.5) is 17.2 Å². The van der Waals surface area contributed by atoms with Gasteiger partial charge < -0.3 is 15.4 Å². The monoisotopic (exact) mass is 500 g/mol. The van der Waals surface area contributed by atoms with Gasteiger partial charge in [0.2, 0.25) is 15.7 Å². The number of hydrogen-bond donors (Lipinski definition) is 1. The Kier molecular flexibility index (Phi) is 8.39. The molecule has 11 heteroatoms. The molecule has 1 unspecified atom stereocenters. The molecule has 0 spiro atoms. The Balaban J connectivity index is 1.92. The first kappa shape index (κ1) is 25.8. The van der Waals surface area contributed by atoms with Gasteiger partial charge in [-0.1, -0.05) is 19.1 Å². The third-order valence-corrected chi connectivity index (χ3v) is 7.92. The molecule has 2 heterocycles. The summed E-state index contributed by atoms with van der Waals surface area (Å²) in [6.07, 6.45) is 1.57. The van der Waals surface area contributed by atoms with Crippen LogP contribution < -0.4 is 14.9 Å². The van der Waals surface area contributed by atoms with Gasteiger partial charge in [-0.05, 0) is 29.7 Å². The first-order valence-electron chi connectivity index (χ1n) is 10.8. The molecule has 2 aromatic rings. The van der Waals surface area contributed by atoms with Crippen LogP contribution in [0.5, 0.6) is 0 Å². The maximum Gasteiger partial charge on any atom is 0.232 e. The molecule has 0 saturated carbocycles. The molecule has 2 N–H and O–H groups in total. The summed E-state index contributed by atoms with van der Waals surface area (Å²) in [6, 6.07) is 9.48. The van der Waals surface area contributed by atoms with Crippen LogP contribution >= 0.6 is 11.8 Å². The number of aromatic nitrogens is 1. The van der Waals surface area contributed by atoms with Gasteiger partial charge >= 0.3 is 0 Å². The molecule has 34 heavy (non-hydrogen) atoms. The lowest BCUT2D eigenvalue weighted by Gasteiger charge is -2.34. The lowest BCUT2D eigenvalue weighted by atomic mass is 10.1. The minimum atomic E-state index is -3.33. The molecule has 1 saturated heterocycles. The van der Waals surface area contributed by atoms with Crippen LogP contribution in [0.1, 0.15) is 23.6 Å². The fourth-order valence-electron chi connectivity index (χ4n) is 3.69. The molecule has 1 aliphatic heterocycles. The molecule has 180 valence electrons. The van der Waals surface area contributed by atoms with E-state index in [-0.39, 0.29) is 6.10 Å². The van der Waals surface area contributed by atoms with E-state index < -0.39 is 10.0 Å². The first-order chi connectivity index (χ1) is 16.2. The van der Waals surface area contributed by atoms with E-state index in [2.05, 4.69) is 10.9 Å². The third kappa shape index (κ3) is 5.62. The number of ether oxygens (including phenoxy) is 1. The van der Waals surface area contributed by atoms with E-state index in [0.29, 0.717) is 71.8 Å². The molecule has 0 amide bonds. The highest BCUT2D eigenvalue weighted by atomic mass is 32.2. The van der Waals surface area contributed by atoms with Crippen molar-refractivity contribution < 1.29 is 13.2 Å². The number of rotatable bonds is 8. The maximum atomic E-state index is 11.8. The second-order valence-electron chi connectivity index (χ2n) is 7.88. The zero-order chi connectivity index (χ0) is 24.9. The summed E-state index contributed by atoms with van der Waals surface area (Å²) >= 11 is 1.43. The summed E-state index contributed by atoms with van der Waals surface area (Å²) in [5, 5.41) is 10.5. The molecule has 9 nitrogen and oxygen atoms in total. The molecule has 1 aromatic carbocycles. The summed E-state index contributed by atoms with van der Waals surface area (Å²) in [5.74, 6) is 1.11. The van der Waals surface area contributed by atoms with E-state index in [4.69, 9.17) is 22.0 Å². The molecular weight excluding hydrogens is 472 g/mol. The fraction of sp³-hybridized carbons (Fsp3) is 0.435. The van der Waals surface area contributed by atoms with Crippen molar-refractivity contribution in [1.82, 2.24) is 4.98 Å². The SMILES string of the molecule is [C-]#[N+]c1c(N2CCOC(CN)C2)nc(SCc2ccc(N(C)S(C)(=O)=O)cc2)c(C#N)c1CC. The molecule has 0 aliphatic carbocycles. The van der Waals surface area contributed by atoms with Gasteiger partial charge in [-0.2, -0.15) is 5.26 Å². The topological polar surface area (TPSA) is 117 Å². The van der Waals surface area contributed by atoms with Gasteiger partial charge in [-0.3, -0.25) is 4.31 Å². The largest absolute Gasteiger partial charge is 0.373 e. The van der Waals surface area contributed by atoms with Gasteiger partial charge in [0.25, 0.3) is 0 Å². The predicted octanol–water partition coefficient (Wildman–Crippen LogP) is 2.92. The van der Waals surface area contributed by atoms with Crippen molar-refractivity contribution in [2.24, 2.45) is 5.73 Å². The molecule has 1 aliphatic rings. The molecule has 0 radical (unpaired) electrons. The Morgan fingerprint density at radius 1 is 1.41 bits per heavy atom. The van der Waals surface area contributed by atoms with Crippen LogP contribution in [0.2, 0.25) is 0 Å². The van der Waals surface area contributed by atoms with Gasteiger partial charge in [0.05, 0.1) is 36.8 Å². The van der Waals surface area contributed by atoms with Crippen LogP contribution in [0, 0.1) is 17.9 Å². The average Bonchev–Trinajstić information content (AvgIpc) is 2.85. The Morgan fingerprint density at radius 3 is 2.68 bits per heavy atom. The normalized spacial score (nSPS) is 16.1. The lowest BCUT2D eigenvalue weighted by Crippen LogP contribution is -2.46. The Bertz CT molecular complexity index is 1220. The van der Waals surface area contributed by atoms with E-state index in [1.807, 2.05) is 24.0 Å². The van der Waals surface area contributed by atoms with Crippen LogP contribution in [0.3, 0.4) is 0 Å². The standard InChI is InChI=1S/C23H28N6O3S2/c1-5-19-20(13-25)23(27-22(21(19)26-2)29-10-11-32-18(12-24)14-29)33-15-16-6-8-17(9-7-16)28(3)34(4,30)31/h6-9,18H,5,10-12,14-15,24H2,1,3-4H3. The van der Waals surface area contributed by atoms with Gasteiger partial charge in [0.1, 0.15) is 16.9 Å². The van der Waals surface area contributed by atoms with Crippen molar-refractivity contribution in [3.05, 3.63) is 52.4 Å². The van der Waals surface area contributed by atoms with Crippen molar-refractivity contribution in [3.63, 3.8) is 0 Å². The number of anilines is 2. The molecular formula is C23H28N6O3S2. The number of hydrogen-bond acceptors (Lipinski definition) is 8. The van der Waals surface area contributed by atoms with Crippen LogP contribution in [-0.2, 0) is 26.9 Å². The minimum Gasteiger partial charge on any atom is -0.373 e. The minimum absolute atomic E-state index is 0.130. The fourth-order valence-corrected chi connectivity index (χ4v) is 5.15. The van der Waals surface area contributed by atoms with Gasteiger partial charge in [0, 0.05) is 32.4 Å². The number of morpholine rings is 1. The van der Waals surface area contributed by atoms with Crippen molar-refractivity contribution >= 4 is 39.0 Å². The van der Waals surface area contributed by atoms with Gasteiger partial charge in [0.15, 0.2) is 0 Å². The second-order valence-corrected chi connectivity index (χ2v) is 10.9. The van der Waals surface area contributed by atoms with E-state index in [0.717, 1.165) is 11.8 Å². The predicted molar refractivity (Wildman–Crippen MR) is 135 cm³/mol. The highest BCUT2D eigenvalue weighted by Gasteiger charge is 2.27. The van der Waals surface area contributed by atoms with E-state index >= 15 is 0 Å². The van der Waals surface area contributed by atoms with E-state index in [1.54, 1.807) is 12.1 Å². The summed E-state index contributed by atoms with van der Waals surface area (Å²) in [6.45, 7) is 11.7. The maximum absolute atomic E-state index is 11.8. The van der Waals surface area contributed by atoms with Crippen LogP contribution in [-0.4, -0.2) is 59.1 Å². The highest BCUT2D eigenvalue weighted by molar-refractivity contribution is 7.98. The number of nitrogens with zero attached hydrogens (tertiary/aromatic N) is 5. The molecule has 0 bridgehead atoms. The summed E-state index contributed by atoms with van der Waals surface area (Å²) < 4.78 is 30.4. The molecule has 3 rings (SSSR count). The number of sulfonamides is 1. The van der Waals surface area contributed by atoms with Crippen LogP contribution in [0.15, 0.2) is 29.3 Å². The van der Waals surface area contributed by atoms with Crippen molar-refractivity contribution in [2.45, 2.75) is 30.2 Å². The van der Waals surface area contributed by atoms with Crippen molar-refractivity contribution in [3.8, 4) is 6.07 Å². The summed E-state index contributed by atoms with van der Waals surface area (Å²) in [5.41, 5.74) is 8.87. The molecule has 1 atom stereocenters. The number of thioether (sulfide) groups is 1. The Morgan fingerprint density at radius 2 is 2.12 bits per heavy atom. The molecule has 1 fully saturated rings. The number of pyridine rings is 1. The van der Waals surface area contributed by atoms with Crippen molar-refractivity contribution in [1.29, 1.82) is 5.26 Å². The Labute approximate surface area is 205 Å². The summed E-state index contributed by atoms with van der Waals surface area (Å²) in [4.78, 5) is 10.5. The highest BCUT2D eigenvalue weighted by Crippen LogP contribution is 2.39. The third-order valence-electron chi connectivity index (χ3n) is 5.67. The van der Waals surface area contributed by atoms with Crippen molar-refractivity contribution in [2.75, 3.05) is 48.7 Å². The Hall–Kier alpha value is -2.83. The van der Waals surface area contributed by atoms with Gasteiger partial charge in [-0.25, -0.2) is 18.2 Å². The quantitative estimate of drug-likeness (QED) is 0.434. The van der Waals surface area contributed by atoms with E-state index in [1.165, 1.54) is 23.1 Å². The zero-order valence-corrected chi connectivity index (χ0v) is 21.1. The van der Waals surface area contributed by atoms with Gasteiger partial charge in [-0.15, -0.1) is 11.8 Å². The summed E-state index contributed by atoms with van der Waals surface area (Å²) in [7, 11) is -1.82. The smallest absolute Gasteiger partial charge is 0.232 e. The second kappa shape index (κ2) is 11.1. The average molecular weight is 501 g/mol. The van der Waals surface area contributed by atoms with Crippen LogP contribution in [0.25, 0.3) is 4.85 Å². The zero-order valence-electron chi connectivity index (χ0n) is 19.5.